The molecule has 1 aromatic heterocycles. The van der Waals surface area contributed by atoms with E-state index in [1.165, 1.54) is 12.8 Å². The van der Waals surface area contributed by atoms with Crippen molar-refractivity contribution in [3.8, 4) is 0 Å². The van der Waals surface area contributed by atoms with E-state index >= 15 is 0 Å². The van der Waals surface area contributed by atoms with Crippen molar-refractivity contribution < 1.29 is 13.9 Å². The molecule has 0 spiro atoms. The molecule has 0 atom stereocenters. The van der Waals surface area contributed by atoms with Crippen LogP contribution in [0.15, 0.2) is 15.6 Å². The second-order valence-corrected chi connectivity index (χ2v) is 7.99. The number of rotatable bonds is 8. The van der Waals surface area contributed by atoms with Crippen molar-refractivity contribution in [1.82, 2.24) is 15.6 Å². The van der Waals surface area contributed by atoms with Crippen molar-refractivity contribution in [2.75, 3.05) is 13.1 Å². The number of esters is 1. The van der Waals surface area contributed by atoms with E-state index in [9.17, 15) is 4.79 Å². The van der Waals surface area contributed by atoms with Crippen LogP contribution in [0.25, 0.3) is 0 Å². The minimum Gasteiger partial charge on any atom is -0.462 e. The Morgan fingerprint density at radius 3 is 2.70 bits per heavy atom. The third kappa shape index (κ3) is 7.61. The lowest BCUT2D eigenvalue weighted by atomic mass is 9.94. The molecule has 1 aromatic rings. The predicted octanol–water partition coefficient (Wildman–Crippen LogP) is 3.29. The maximum atomic E-state index is 11.8. The summed E-state index contributed by atoms with van der Waals surface area (Å²) in [5, 5.41) is 6.43. The first-order valence-electron chi connectivity index (χ1n) is 10.1. The Hall–Kier alpha value is -2.05. The Morgan fingerprint density at radius 2 is 2.07 bits per heavy atom. The summed E-state index contributed by atoms with van der Waals surface area (Å²) in [4.78, 5) is 20.6. The second-order valence-electron chi connectivity index (χ2n) is 7.99. The van der Waals surface area contributed by atoms with Gasteiger partial charge in [0.15, 0.2) is 5.96 Å². The maximum Gasteiger partial charge on any atom is 0.306 e. The third-order valence-corrected chi connectivity index (χ3v) is 4.46. The fourth-order valence-electron chi connectivity index (χ4n) is 2.91. The summed E-state index contributed by atoms with van der Waals surface area (Å²) >= 11 is 0. The summed E-state index contributed by atoms with van der Waals surface area (Å²) in [6, 6.07) is 0. The number of hydrogen-bond acceptors (Lipinski definition) is 5. The number of aromatic nitrogens is 1. The van der Waals surface area contributed by atoms with Crippen LogP contribution in [0.5, 0.6) is 0 Å². The van der Waals surface area contributed by atoms with Crippen molar-refractivity contribution in [3.05, 3.63) is 17.8 Å². The third-order valence-electron chi connectivity index (χ3n) is 4.46. The van der Waals surface area contributed by atoms with Gasteiger partial charge in [0.05, 0.1) is 6.20 Å². The van der Waals surface area contributed by atoms with Crippen molar-refractivity contribution in [3.63, 3.8) is 0 Å². The van der Waals surface area contributed by atoms with Crippen LogP contribution in [0.3, 0.4) is 0 Å². The monoisotopic (exact) mass is 378 g/mol. The zero-order valence-corrected chi connectivity index (χ0v) is 17.1. The molecule has 1 heterocycles. The van der Waals surface area contributed by atoms with Gasteiger partial charge in [0.2, 0.25) is 5.89 Å². The molecule has 0 aromatic carbocycles. The van der Waals surface area contributed by atoms with Gasteiger partial charge < -0.3 is 19.8 Å². The molecule has 27 heavy (non-hydrogen) atoms. The number of hydrogen-bond donors (Lipinski definition) is 2. The topological polar surface area (TPSA) is 88.8 Å². The quantitative estimate of drug-likeness (QED) is 0.312. The van der Waals surface area contributed by atoms with E-state index in [-0.39, 0.29) is 17.5 Å². The molecule has 0 saturated heterocycles. The van der Waals surface area contributed by atoms with Gasteiger partial charge in [0.1, 0.15) is 18.4 Å². The predicted molar refractivity (Wildman–Crippen MR) is 106 cm³/mol. The van der Waals surface area contributed by atoms with Gasteiger partial charge in [-0.25, -0.2) is 9.98 Å². The fourth-order valence-corrected chi connectivity index (χ4v) is 2.91. The molecular weight excluding hydrogens is 344 g/mol. The van der Waals surface area contributed by atoms with Crippen LogP contribution in [0.2, 0.25) is 0 Å². The molecule has 7 heteroatoms. The summed E-state index contributed by atoms with van der Waals surface area (Å²) in [5.74, 6) is 2.04. The van der Waals surface area contributed by atoms with Crippen LogP contribution in [0.4, 0.5) is 0 Å². The Morgan fingerprint density at radius 1 is 1.33 bits per heavy atom. The Balaban J connectivity index is 1.73. The Labute approximate surface area is 162 Å². The molecule has 1 aliphatic carbocycles. The van der Waals surface area contributed by atoms with Crippen molar-refractivity contribution in [1.29, 1.82) is 0 Å². The SMILES string of the molecule is CCNC(=NCc1ncc(C(C)(C)C)o1)NCCCC(=O)OC1CCCC1. The number of ether oxygens (including phenoxy) is 1. The standard InChI is InChI=1S/C20H34N4O3/c1-5-21-19(24-14-17-23-13-16(27-17)20(2,3)4)22-12-8-11-18(25)26-15-9-6-7-10-15/h13,15H,5-12,14H2,1-4H3,(H2,21,22,24). The molecule has 0 amide bonds. The van der Waals surface area contributed by atoms with Crippen LogP contribution in [0, 0.1) is 0 Å². The van der Waals surface area contributed by atoms with E-state index in [1.54, 1.807) is 6.20 Å². The molecule has 152 valence electrons. The number of carbonyl (C=O) groups is 1. The molecule has 1 fully saturated rings. The molecule has 0 bridgehead atoms. The highest BCUT2D eigenvalue weighted by Crippen LogP contribution is 2.23. The van der Waals surface area contributed by atoms with E-state index in [4.69, 9.17) is 9.15 Å². The Kier molecular flexibility index (Phi) is 8.13. The van der Waals surface area contributed by atoms with Gasteiger partial charge in [-0.3, -0.25) is 4.79 Å². The average molecular weight is 379 g/mol. The minimum absolute atomic E-state index is 0.0647. The smallest absolute Gasteiger partial charge is 0.306 e. The van der Waals surface area contributed by atoms with Gasteiger partial charge in [0.25, 0.3) is 0 Å². The van der Waals surface area contributed by atoms with E-state index in [0.29, 0.717) is 37.8 Å². The van der Waals surface area contributed by atoms with Gasteiger partial charge in [-0.2, -0.15) is 0 Å². The van der Waals surface area contributed by atoms with E-state index in [1.807, 2.05) is 6.92 Å². The van der Waals surface area contributed by atoms with Crippen LogP contribution < -0.4 is 10.6 Å². The summed E-state index contributed by atoms with van der Waals surface area (Å²) in [5.41, 5.74) is -0.0647. The number of nitrogens with zero attached hydrogens (tertiary/aromatic N) is 2. The molecular formula is C20H34N4O3. The molecule has 1 saturated carbocycles. The van der Waals surface area contributed by atoms with Crippen LogP contribution in [0.1, 0.15) is 77.9 Å². The van der Waals surface area contributed by atoms with Crippen molar-refractivity contribution >= 4 is 11.9 Å². The first-order valence-corrected chi connectivity index (χ1v) is 10.1. The summed E-state index contributed by atoms with van der Waals surface area (Å²) in [6.07, 6.45) is 7.41. The first-order chi connectivity index (χ1) is 12.9. The van der Waals surface area contributed by atoms with Crippen LogP contribution >= 0.6 is 0 Å². The fraction of sp³-hybridized carbons (Fsp3) is 0.750. The van der Waals surface area contributed by atoms with Crippen LogP contribution in [-0.4, -0.2) is 36.1 Å². The minimum atomic E-state index is -0.0971. The Bertz CT molecular complexity index is 613. The molecule has 0 unspecified atom stereocenters. The van der Waals surface area contributed by atoms with E-state index in [0.717, 1.165) is 25.1 Å². The molecule has 0 radical (unpaired) electrons. The van der Waals surface area contributed by atoms with Gasteiger partial charge in [-0.05, 0) is 39.0 Å². The number of nitrogens with one attached hydrogen (secondary N) is 2. The zero-order valence-electron chi connectivity index (χ0n) is 17.1. The first kappa shape index (κ1) is 21.3. The van der Waals surface area contributed by atoms with Gasteiger partial charge in [0, 0.05) is 24.9 Å². The molecule has 2 N–H and O–H groups in total. The summed E-state index contributed by atoms with van der Waals surface area (Å²) < 4.78 is 11.2. The molecule has 0 aliphatic heterocycles. The number of carbonyl (C=O) groups excluding carboxylic acids is 1. The van der Waals surface area contributed by atoms with Gasteiger partial charge >= 0.3 is 5.97 Å². The second kappa shape index (κ2) is 10.3. The molecule has 1 aliphatic rings. The maximum absolute atomic E-state index is 11.8. The zero-order chi connectivity index (χ0) is 19.7. The lowest BCUT2D eigenvalue weighted by Crippen LogP contribution is -2.38. The lowest BCUT2D eigenvalue weighted by molar-refractivity contribution is -0.148. The number of guanidine groups is 1. The summed E-state index contributed by atoms with van der Waals surface area (Å²) in [7, 11) is 0. The normalized spacial score (nSPS) is 15.8. The lowest BCUT2D eigenvalue weighted by Gasteiger charge is -2.13. The van der Waals surface area contributed by atoms with Crippen molar-refractivity contribution in [2.45, 2.75) is 84.3 Å². The molecule has 7 nitrogen and oxygen atoms in total. The average Bonchev–Trinajstić information content (AvgIpc) is 3.27. The number of aliphatic imine (C=N–C) groups is 1. The van der Waals surface area contributed by atoms with E-state index in [2.05, 4.69) is 41.4 Å². The van der Waals surface area contributed by atoms with E-state index < -0.39 is 0 Å². The van der Waals surface area contributed by atoms with Crippen molar-refractivity contribution in [2.24, 2.45) is 4.99 Å². The van der Waals surface area contributed by atoms with Gasteiger partial charge in [-0.1, -0.05) is 20.8 Å². The molecule has 2 rings (SSSR count). The largest absolute Gasteiger partial charge is 0.462 e. The highest BCUT2D eigenvalue weighted by atomic mass is 16.5. The number of oxazole rings is 1. The highest BCUT2D eigenvalue weighted by molar-refractivity contribution is 5.79. The van der Waals surface area contributed by atoms with Gasteiger partial charge in [-0.15, -0.1) is 0 Å². The highest BCUT2D eigenvalue weighted by Gasteiger charge is 2.19. The van der Waals surface area contributed by atoms with Crippen LogP contribution in [-0.2, 0) is 21.5 Å². The summed E-state index contributed by atoms with van der Waals surface area (Å²) in [6.45, 7) is 10.1.